The fourth-order valence-electron chi connectivity index (χ4n) is 2.53. The minimum absolute atomic E-state index is 0.239. The number of esters is 3. The molecule has 0 heterocycles. The smallest absolute Gasteiger partial charge is 0.320 e. The number of carboxylic acid groups (broad SMARTS) is 2. The molecule has 0 aliphatic heterocycles. The molecule has 1 rings (SSSR count). The average molecular weight is 491 g/mol. The second-order valence-corrected chi connectivity index (χ2v) is 7.33. The van der Waals surface area contributed by atoms with Gasteiger partial charge in [0.2, 0.25) is 0 Å². The molecule has 0 amide bonds. The van der Waals surface area contributed by atoms with Crippen LogP contribution < -0.4 is 0 Å². The van der Waals surface area contributed by atoms with Crippen LogP contribution >= 0.6 is 0 Å². The molecular formula is C23H25NO11. The lowest BCUT2D eigenvalue weighted by Crippen LogP contribution is -2.20. The van der Waals surface area contributed by atoms with Crippen LogP contribution in [0, 0.1) is 6.92 Å². The molecule has 0 aromatic heterocycles. The first-order chi connectivity index (χ1) is 16.5. The molecule has 12 nitrogen and oxygen atoms in total. The van der Waals surface area contributed by atoms with Crippen molar-refractivity contribution in [2.75, 3.05) is 0 Å². The van der Waals surface area contributed by atoms with E-state index in [4.69, 9.17) is 14.9 Å². The van der Waals surface area contributed by atoms with Crippen LogP contribution in [0.3, 0.4) is 0 Å². The Kier molecular flexibility index (Phi) is 12.2. The van der Waals surface area contributed by atoms with Gasteiger partial charge in [-0.05, 0) is 18.6 Å². The largest absolute Gasteiger partial charge is 0.481 e. The molecule has 0 aliphatic carbocycles. The number of carboxylic acids is 2. The Morgan fingerprint density at radius 3 is 1.71 bits per heavy atom. The average Bonchev–Trinajstić information content (AvgIpc) is 2.76. The van der Waals surface area contributed by atoms with Gasteiger partial charge >= 0.3 is 29.8 Å². The van der Waals surface area contributed by atoms with E-state index < -0.39 is 73.5 Å². The lowest BCUT2D eigenvalue weighted by Gasteiger charge is -2.09. The molecular weight excluding hydrogens is 466 g/mol. The monoisotopic (exact) mass is 491 g/mol. The van der Waals surface area contributed by atoms with Crippen molar-refractivity contribution in [1.82, 2.24) is 0 Å². The quantitative estimate of drug-likeness (QED) is 0.167. The number of Topliss-reactive ketones (excluding diaryl/α,β-unsaturated/α-hetero) is 2. The highest BCUT2D eigenvalue weighted by Crippen LogP contribution is 2.19. The molecule has 0 aliphatic rings. The van der Waals surface area contributed by atoms with E-state index in [1.807, 2.05) is 0 Å². The van der Waals surface area contributed by atoms with Crippen molar-refractivity contribution in [3.05, 3.63) is 29.8 Å². The summed E-state index contributed by atoms with van der Waals surface area (Å²) in [5, 5.41) is 17.1. The summed E-state index contributed by atoms with van der Waals surface area (Å²) in [4.78, 5) is 84.2. The number of aliphatic carboxylic acids is 2. The number of benzene rings is 1. The normalized spacial score (nSPS) is 10.8. The lowest BCUT2D eigenvalue weighted by atomic mass is 10.1. The minimum atomic E-state index is -1.21. The third-order valence-electron chi connectivity index (χ3n) is 4.28. The van der Waals surface area contributed by atoms with Crippen LogP contribution in [-0.2, 0) is 43.0 Å². The van der Waals surface area contributed by atoms with E-state index in [2.05, 4.69) is 9.73 Å². The molecule has 0 saturated heterocycles. The second kappa shape index (κ2) is 14.8. The molecule has 35 heavy (non-hydrogen) atoms. The number of aliphatic imine (C=N–C) groups is 1. The maximum atomic E-state index is 12.1. The molecule has 188 valence electrons. The van der Waals surface area contributed by atoms with Crippen molar-refractivity contribution >= 4 is 53.0 Å². The van der Waals surface area contributed by atoms with Crippen LogP contribution in [0.15, 0.2) is 29.3 Å². The molecule has 0 atom stereocenters. The van der Waals surface area contributed by atoms with Crippen LogP contribution in [-0.4, -0.2) is 57.5 Å². The number of aryl methyl sites for hydroxylation is 1. The summed E-state index contributed by atoms with van der Waals surface area (Å²) in [5.41, 5.74) is 1.14. The topological polar surface area (TPSA) is 191 Å². The number of hydrogen-bond acceptors (Lipinski definition) is 10. The molecule has 0 fully saturated rings. The molecule has 0 unspecified atom stereocenters. The number of para-hydroxylation sites is 1. The number of ketones is 2. The van der Waals surface area contributed by atoms with Crippen LogP contribution in [0.1, 0.15) is 56.9 Å². The van der Waals surface area contributed by atoms with Gasteiger partial charge in [-0.2, -0.15) is 0 Å². The highest BCUT2D eigenvalue weighted by atomic mass is 16.6. The number of hydrogen-bond donors (Lipinski definition) is 2. The van der Waals surface area contributed by atoms with Crippen LogP contribution in [0.2, 0.25) is 0 Å². The summed E-state index contributed by atoms with van der Waals surface area (Å²) >= 11 is 0. The summed E-state index contributed by atoms with van der Waals surface area (Å²) in [6, 6.07) is 6.78. The van der Waals surface area contributed by atoms with Gasteiger partial charge in [0.15, 0.2) is 5.90 Å². The molecule has 0 radical (unpaired) electrons. The molecule has 12 heteroatoms. The summed E-state index contributed by atoms with van der Waals surface area (Å²) < 4.78 is 9.63. The van der Waals surface area contributed by atoms with Crippen molar-refractivity contribution in [2.45, 2.75) is 58.3 Å². The number of ether oxygens (including phenoxy) is 2. The van der Waals surface area contributed by atoms with Gasteiger partial charge < -0.3 is 19.7 Å². The molecule has 0 spiro atoms. The van der Waals surface area contributed by atoms with E-state index in [0.29, 0.717) is 5.69 Å². The van der Waals surface area contributed by atoms with E-state index >= 15 is 0 Å². The van der Waals surface area contributed by atoms with Crippen molar-refractivity contribution in [3.8, 4) is 0 Å². The Hall–Kier alpha value is -4.22. The number of carbonyl (C=O) groups excluding carboxylic acids is 5. The van der Waals surface area contributed by atoms with Gasteiger partial charge in [-0.3, -0.25) is 33.6 Å². The predicted octanol–water partition coefficient (Wildman–Crippen LogP) is 2.07. The van der Waals surface area contributed by atoms with Crippen LogP contribution in [0.5, 0.6) is 0 Å². The molecule has 1 aromatic carbocycles. The lowest BCUT2D eigenvalue weighted by molar-refractivity contribution is -0.160. The standard InChI is InChI=1S/C23H25NO11/c1-14-4-2-3-5-17(14)24-18(34-22(32)12-15(25)6-9-19(27)28)8-11-21(31)35-23(33)13-16(26)7-10-20(29)30/h2-5H,6-13H2,1H3,(H,27,28)(H,29,30). The Morgan fingerprint density at radius 1 is 0.686 bits per heavy atom. The summed E-state index contributed by atoms with van der Waals surface area (Å²) in [5.74, 6) is -7.17. The summed E-state index contributed by atoms with van der Waals surface area (Å²) in [7, 11) is 0. The maximum Gasteiger partial charge on any atom is 0.320 e. The third kappa shape index (κ3) is 13.2. The zero-order chi connectivity index (χ0) is 26.4. The van der Waals surface area contributed by atoms with Crippen molar-refractivity contribution in [2.24, 2.45) is 4.99 Å². The first kappa shape index (κ1) is 28.8. The number of rotatable bonds is 14. The summed E-state index contributed by atoms with van der Waals surface area (Å²) in [6.07, 6.45) is -3.83. The van der Waals surface area contributed by atoms with Gasteiger partial charge in [0.25, 0.3) is 0 Å². The van der Waals surface area contributed by atoms with Gasteiger partial charge in [0.1, 0.15) is 24.4 Å². The van der Waals surface area contributed by atoms with Gasteiger partial charge in [-0.25, -0.2) is 4.99 Å². The highest BCUT2D eigenvalue weighted by Gasteiger charge is 2.19. The van der Waals surface area contributed by atoms with Gasteiger partial charge in [-0.1, -0.05) is 18.2 Å². The molecule has 1 aromatic rings. The van der Waals surface area contributed by atoms with Gasteiger partial charge in [0.05, 0.1) is 24.9 Å². The van der Waals surface area contributed by atoms with Crippen molar-refractivity contribution in [1.29, 1.82) is 0 Å². The SMILES string of the molecule is Cc1ccccc1N=C(CCC(=O)OC(=O)CC(=O)CCC(=O)O)OC(=O)CC(=O)CCC(=O)O. The number of nitrogens with zero attached hydrogens (tertiary/aromatic N) is 1. The fourth-order valence-corrected chi connectivity index (χ4v) is 2.53. The van der Waals surface area contributed by atoms with Crippen molar-refractivity contribution in [3.63, 3.8) is 0 Å². The first-order valence-electron chi connectivity index (χ1n) is 10.5. The highest BCUT2D eigenvalue weighted by molar-refractivity contribution is 6.02. The maximum absolute atomic E-state index is 12.1. The van der Waals surface area contributed by atoms with Gasteiger partial charge in [-0.15, -0.1) is 0 Å². The second-order valence-electron chi connectivity index (χ2n) is 7.33. The van der Waals surface area contributed by atoms with E-state index in [0.717, 1.165) is 5.56 Å². The van der Waals surface area contributed by atoms with Gasteiger partial charge in [0, 0.05) is 19.3 Å². The number of carbonyl (C=O) groups is 7. The minimum Gasteiger partial charge on any atom is -0.481 e. The Morgan fingerprint density at radius 2 is 1.20 bits per heavy atom. The van der Waals surface area contributed by atoms with E-state index in [1.54, 1.807) is 31.2 Å². The Labute approximate surface area is 199 Å². The first-order valence-corrected chi connectivity index (χ1v) is 10.5. The molecule has 0 saturated carbocycles. The molecule has 2 N–H and O–H groups in total. The Balaban J connectivity index is 2.75. The van der Waals surface area contributed by atoms with Crippen molar-refractivity contribution < 1.29 is 53.2 Å². The van der Waals surface area contributed by atoms with Crippen LogP contribution in [0.25, 0.3) is 0 Å². The van der Waals surface area contributed by atoms with Crippen LogP contribution in [0.4, 0.5) is 5.69 Å². The zero-order valence-corrected chi connectivity index (χ0v) is 19.0. The van der Waals surface area contributed by atoms with E-state index in [9.17, 15) is 33.6 Å². The third-order valence-corrected chi connectivity index (χ3v) is 4.28. The fraction of sp³-hybridized carbons (Fsp3) is 0.391. The van der Waals surface area contributed by atoms with E-state index in [-0.39, 0.29) is 25.2 Å². The zero-order valence-electron chi connectivity index (χ0n) is 19.0. The summed E-state index contributed by atoms with van der Waals surface area (Å²) in [6.45, 7) is 1.74. The van der Waals surface area contributed by atoms with E-state index in [1.165, 1.54) is 0 Å². The predicted molar refractivity (Wildman–Crippen MR) is 118 cm³/mol. The Bertz CT molecular complexity index is 1030. The molecule has 0 bridgehead atoms.